The van der Waals surface area contributed by atoms with Gasteiger partial charge < -0.3 is 5.32 Å². The van der Waals surface area contributed by atoms with Crippen LogP contribution in [0.3, 0.4) is 0 Å². The predicted molar refractivity (Wildman–Crippen MR) is 60.1 cm³/mol. The third kappa shape index (κ3) is 4.63. The third-order valence-corrected chi connectivity index (χ3v) is 2.78. The van der Waals surface area contributed by atoms with Crippen molar-refractivity contribution in [3.05, 3.63) is 0 Å². The fourth-order valence-electron chi connectivity index (χ4n) is 1.95. The Balaban J connectivity index is 3.97. The molecule has 0 heterocycles. The van der Waals surface area contributed by atoms with Gasteiger partial charge in [-0.3, -0.25) is 4.90 Å². The minimum atomic E-state index is 0.614. The van der Waals surface area contributed by atoms with Crippen molar-refractivity contribution in [3.8, 4) is 0 Å². The maximum atomic E-state index is 3.29. The molecule has 2 atom stereocenters. The zero-order valence-corrected chi connectivity index (χ0v) is 10.1. The van der Waals surface area contributed by atoms with Crippen molar-refractivity contribution in [1.82, 2.24) is 10.2 Å². The number of hydrogen-bond acceptors (Lipinski definition) is 2. The lowest BCUT2D eigenvalue weighted by atomic mass is 10.1. The molecular formula is C11H26N2. The highest BCUT2D eigenvalue weighted by Crippen LogP contribution is 2.10. The Hall–Kier alpha value is -0.0800. The Morgan fingerprint density at radius 2 is 1.69 bits per heavy atom. The van der Waals surface area contributed by atoms with Crippen LogP contribution in [0.15, 0.2) is 0 Å². The molecular weight excluding hydrogens is 160 g/mol. The Morgan fingerprint density at radius 3 is 2.00 bits per heavy atom. The topological polar surface area (TPSA) is 15.3 Å². The molecule has 0 aromatic carbocycles. The lowest BCUT2D eigenvalue weighted by Gasteiger charge is -2.33. The Bertz CT molecular complexity index is 123. The van der Waals surface area contributed by atoms with Gasteiger partial charge in [-0.1, -0.05) is 6.92 Å². The van der Waals surface area contributed by atoms with Gasteiger partial charge in [0.2, 0.25) is 0 Å². The molecule has 0 fully saturated rings. The molecule has 0 aliphatic heterocycles. The molecule has 80 valence electrons. The van der Waals surface area contributed by atoms with Crippen LogP contribution in [0.2, 0.25) is 0 Å². The van der Waals surface area contributed by atoms with Gasteiger partial charge in [0.05, 0.1) is 0 Å². The summed E-state index contributed by atoms with van der Waals surface area (Å²) in [4.78, 5) is 2.54. The average Bonchev–Trinajstić information content (AvgIpc) is 2.04. The van der Waals surface area contributed by atoms with Crippen molar-refractivity contribution < 1.29 is 0 Å². The zero-order chi connectivity index (χ0) is 10.4. The minimum absolute atomic E-state index is 0.614. The smallest absolute Gasteiger partial charge is 0.00842 e. The molecule has 0 aliphatic rings. The minimum Gasteiger partial charge on any atom is -0.317 e. The number of rotatable bonds is 6. The highest BCUT2D eigenvalue weighted by Gasteiger charge is 2.16. The van der Waals surface area contributed by atoms with E-state index < -0.39 is 0 Å². The number of hydrogen-bond donors (Lipinski definition) is 1. The van der Waals surface area contributed by atoms with E-state index in [0.717, 1.165) is 6.54 Å². The van der Waals surface area contributed by atoms with Gasteiger partial charge in [-0.05, 0) is 47.7 Å². The molecule has 0 saturated heterocycles. The van der Waals surface area contributed by atoms with Crippen LogP contribution in [-0.4, -0.2) is 36.6 Å². The van der Waals surface area contributed by atoms with Crippen molar-refractivity contribution in [2.45, 2.75) is 59.2 Å². The average molecular weight is 186 g/mol. The van der Waals surface area contributed by atoms with Crippen LogP contribution in [-0.2, 0) is 0 Å². The largest absolute Gasteiger partial charge is 0.317 e. The van der Waals surface area contributed by atoms with E-state index in [1.807, 2.05) is 7.05 Å². The van der Waals surface area contributed by atoms with Gasteiger partial charge in [0.25, 0.3) is 0 Å². The summed E-state index contributed by atoms with van der Waals surface area (Å²) in [5, 5.41) is 3.29. The molecule has 0 aromatic heterocycles. The lowest BCUT2D eigenvalue weighted by molar-refractivity contribution is 0.158. The molecule has 0 aromatic rings. The molecule has 2 nitrogen and oxygen atoms in total. The van der Waals surface area contributed by atoms with Crippen molar-refractivity contribution in [3.63, 3.8) is 0 Å². The van der Waals surface area contributed by atoms with Gasteiger partial charge in [-0.2, -0.15) is 0 Å². The summed E-state index contributed by atoms with van der Waals surface area (Å²) in [5.41, 5.74) is 0. The van der Waals surface area contributed by atoms with Crippen LogP contribution in [0.4, 0.5) is 0 Å². The summed E-state index contributed by atoms with van der Waals surface area (Å²) in [6.45, 7) is 12.5. The molecule has 0 amide bonds. The van der Waals surface area contributed by atoms with Gasteiger partial charge in [-0.15, -0.1) is 0 Å². The van der Waals surface area contributed by atoms with Crippen LogP contribution in [0.25, 0.3) is 0 Å². The summed E-state index contributed by atoms with van der Waals surface area (Å²) in [6, 6.07) is 1.94. The second-order valence-electron chi connectivity index (χ2n) is 4.20. The van der Waals surface area contributed by atoms with Crippen molar-refractivity contribution in [1.29, 1.82) is 0 Å². The quantitative estimate of drug-likeness (QED) is 0.683. The van der Waals surface area contributed by atoms with Crippen molar-refractivity contribution >= 4 is 0 Å². The standard InChI is InChI=1S/C11H26N2/c1-7-13(9(2)3)11(5)8-10(4)12-6/h9-12H,7-8H2,1-6H3. The zero-order valence-electron chi connectivity index (χ0n) is 10.1. The summed E-state index contributed by atoms with van der Waals surface area (Å²) in [7, 11) is 2.03. The van der Waals surface area contributed by atoms with Crippen LogP contribution in [0.5, 0.6) is 0 Å². The lowest BCUT2D eigenvalue weighted by Crippen LogP contribution is -2.41. The van der Waals surface area contributed by atoms with Crippen molar-refractivity contribution in [2.24, 2.45) is 0 Å². The molecule has 0 bridgehead atoms. The monoisotopic (exact) mass is 186 g/mol. The highest BCUT2D eigenvalue weighted by molar-refractivity contribution is 4.73. The first-order chi connectivity index (χ1) is 6.02. The maximum absolute atomic E-state index is 3.29. The van der Waals surface area contributed by atoms with Crippen molar-refractivity contribution in [2.75, 3.05) is 13.6 Å². The molecule has 0 radical (unpaired) electrons. The SMILES string of the molecule is CCN(C(C)C)C(C)CC(C)NC. The van der Waals surface area contributed by atoms with Crippen LogP contribution in [0.1, 0.15) is 41.0 Å². The Labute approximate surface area is 83.7 Å². The highest BCUT2D eigenvalue weighted by atomic mass is 15.2. The van der Waals surface area contributed by atoms with Gasteiger partial charge in [0.15, 0.2) is 0 Å². The first-order valence-corrected chi connectivity index (χ1v) is 5.45. The summed E-state index contributed by atoms with van der Waals surface area (Å²) < 4.78 is 0. The first-order valence-electron chi connectivity index (χ1n) is 5.45. The number of nitrogens with one attached hydrogen (secondary N) is 1. The second-order valence-corrected chi connectivity index (χ2v) is 4.20. The third-order valence-electron chi connectivity index (χ3n) is 2.78. The van der Waals surface area contributed by atoms with Gasteiger partial charge >= 0.3 is 0 Å². The molecule has 0 spiro atoms. The fraction of sp³-hybridized carbons (Fsp3) is 1.00. The van der Waals surface area contributed by atoms with E-state index in [1.54, 1.807) is 0 Å². The Morgan fingerprint density at radius 1 is 1.15 bits per heavy atom. The van der Waals surface area contributed by atoms with E-state index >= 15 is 0 Å². The molecule has 0 rings (SSSR count). The normalized spacial score (nSPS) is 16.6. The van der Waals surface area contributed by atoms with Gasteiger partial charge in [0, 0.05) is 18.1 Å². The van der Waals surface area contributed by atoms with Crippen LogP contribution >= 0.6 is 0 Å². The fourth-order valence-corrected chi connectivity index (χ4v) is 1.95. The predicted octanol–water partition coefficient (Wildman–Crippen LogP) is 2.10. The van der Waals surface area contributed by atoms with E-state index in [1.165, 1.54) is 6.42 Å². The molecule has 0 saturated carbocycles. The molecule has 1 N–H and O–H groups in total. The van der Waals surface area contributed by atoms with E-state index in [4.69, 9.17) is 0 Å². The van der Waals surface area contributed by atoms with Crippen LogP contribution in [0, 0.1) is 0 Å². The molecule has 0 aliphatic carbocycles. The van der Waals surface area contributed by atoms with E-state index in [2.05, 4.69) is 44.8 Å². The second kappa shape index (κ2) is 6.39. The molecule has 13 heavy (non-hydrogen) atoms. The summed E-state index contributed by atoms with van der Waals surface area (Å²) in [5.74, 6) is 0. The van der Waals surface area contributed by atoms with E-state index in [9.17, 15) is 0 Å². The summed E-state index contributed by atoms with van der Waals surface area (Å²) >= 11 is 0. The van der Waals surface area contributed by atoms with E-state index in [-0.39, 0.29) is 0 Å². The van der Waals surface area contributed by atoms with Gasteiger partial charge in [0.1, 0.15) is 0 Å². The molecule has 2 unspecified atom stereocenters. The number of nitrogens with zero attached hydrogens (tertiary/aromatic N) is 1. The summed E-state index contributed by atoms with van der Waals surface area (Å²) in [6.07, 6.45) is 1.22. The molecule has 2 heteroatoms. The van der Waals surface area contributed by atoms with Crippen LogP contribution < -0.4 is 5.32 Å². The Kier molecular flexibility index (Phi) is 6.35. The van der Waals surface area contributed by atoms with E-state index in [0.29, 0.717) is 18.1 Å². The first kappa shape index (κ1) is 12.9. The van der Waals surface area contributed by atoms with Gasteiger partial charge in [-0.25, -0.2) is 0 Å². The maximum Gasteiger partial charge on any atom is 0.00842 e.